The predicted molar refractivity (Wildman–Crippen MR) is 98.7 cm³/mol. The SMILES string of the molecule is CC(NC(=O)/C=C/c1ccc(C(F)(F)F)cc1)C12CC3CC(CC(C3)C1)C2. The Morgan fingerprint density at radius 1 is 1.07 bits per heavy atom. The molecule has 146 valence electrons. The Kier molecular flexibility index (Phi) is 4.59. The van der Waals surface area contributed by atoms with E-state index in [1.54, 1.807) is 6.08 Å². The lowest BCUT2D eigenvalue weighted by Crippen LogP contribution is -2.55. The van der Waals surface area contributed by atoms with Crippen molar-refractivity contribution in [1.29, 1.82) is 0 Å². The number of halogens is 3. The van der Waals surface area contributed by atoms with Crippen LogP contribution in [0, 0.1) is 23.2 Å². The molecule has 0 heterocycles. The van der Waals surface area contributed by atoms with Crippen molar-refractivity contribution in [1.82, 2.24) is 5.32 Å². The van der Waals surface area contributed by atoms with Crippen LogP contribution in [0.4, 0.5) is 13.2 Å². The fourth-order valence-corrected chi connectivity index (χ4v) is 6.08. The van der Waals surface area contributed by atoms with Gasteiger partial charge in [0.25, 0.3) is 0 Å². The van der Waals surface area contributed by atoms with Crippen LogP contribution in [-0.2, 0) is 11.0 Å². The molecule has 0 radical (unpaired) electrons. The highest BCUT2D eigenvalue weighted by atomic mass is 19.4. The summed E-state index contributed by atoms with van der Waals surface area (Å²) < 4.78 is 37.8. The molecule has 4 bridgehead atoms. The zero-order valence-corrected chi connectivity index (χ0v) is 15.6. The van der Waals surface area contributed by atoms with Crippen molar-refractivity contribution in [2.75, 3.05) is 0 Å². The average molecular weight is 377 g/mol. The number of alkyl halides is 3. The molecule has 5 rings (SSSR count). The van der Waals surface area contributed by atoms with E-state index in [1.807, 2.05) is 0 Å². The largest absolute Gasteiger partial charge is 0.416 e. The molecule has 1 unspecified atom stereocenters. The minimum Gasteiger partial charge on any atom is -0.350 e. The van der Waals surface area contributed by atoms with E-state index in [-0.39, 0.29) is 17.4 Å². The molecule has 2 nitrogen and oxygen atoms in total. The van der Waals surface area contributed by atoms with Gasteiger partial charge >= 0.3 is 6.18 Å². The number of nitrogens with one attached hydrogen (secondary N) is 1. The summed E-state index contributed by atoms with van der Waals surface area (Å²) in [5.41, 5.74) is 0.146. The van der Waals surface area contributed by atoms with Crippen molar-refractivity contribution >= 4 is 12.0 Å². The first-order valence-corrected chi connectivity index (χ1v) is 9.89. The summed E-state index contributed by atoms with van der Waals surface area (Å²) >= 11 is 0. The summed E-state index contributed by atoms with van der Waals surface area (Å²) in [7, 11) is 0. The molecule has 27 heavy (non-hydrogen) atoms. The number of hydrogen-bond donors (Lipinski definition) is 1. The number of rotatable bonds is 4. The Bertz CT molecular complexity index is 700. The van der Waals surface area contributed by atoms with Gasteiger partial charge in [0, 0.05) is 12.1 Å². The molecule has 1 aromatic rings. The average Bonchev–Trinajstić information content (AvgIpc) is 2.58. The smallest absolute Gasteiger partial charge is 0.350 e. The van der Waals surface area contributed by atoms with Gasteiger partial charge in [-0.3, -0.25) is 4.79 Å². The van der Waals surface area contributed by atoms with E-state index < -0.39 is 11.7 Å². The minimum absolute atomic E-state index is 0.135. The lowest BCUT2D eigenvalue weighted by molar-refractivity contribution is -0.137. The molecule has 0 spiro atoms. The van der Waals surface area contributed by atoms with Gasteiger partial charge in [0.1, 0.15) is 0 Å². The Morgan fingerprint density at radius 2 is 1.59 bits per heavy atom. The van der Waals surface area contributed by atoms with Crippen LogP contribution in [0.3, 0.4) is 0 Å². The van der Waals surface area contributed by atoms with Crippen molar-refractivity contribution < 1.29 is 18.0 Å². The van der Waals surface area contributed by atoms with Crippen molar-refractivity contribution in [3.8, 4) is 0 Å². The van der Waals surface area contributed by atoms with Crippen LogP contribution in [0.5, 0.6) is 0 Å². The van der Waals surface area contributed by atoms with E-state index >= 15 is 0 Å². The Labute approximate surface area is 158 Å². The molecule has 0 aliphatic heterocycles. The fourth-order valence-electron chi connectivity index (χ4n) is 6.08. The third kappa shape index (κ3) is 3.78. The highest BCUT2D eigenvalue weighted by molar-refractivity contribution is 5.91. The molecule has 4 aliphatic rings. The van der Waals surface area contributed by atoms with Crippen LogP contribution in [0.1, 0.15) is 56.6 Å². The zero-order chi connectivity index (χ0) is 19.2. The van der Waals surface area contributed by atoms with Crippen LogP contribution in [0.2, 0.25) is 0 Å². The quantitative estimate of drug-likeness (QED) is 0.696. The van der Waals surface area contributed by atoms with E-state index in [1.165, 1.54) is 56.7 Å². The van der Waals surface area contributed by atoms with Crippen LogP contribution >= 0.6 is 0 Å². The number of benzene rings is 1. The van der Waals surface area contributed by atoms with Gasteiger partial charge in [-0.1, -0.05) is 12.1 Å². The second-order valence-corrected chi connectivity index (χ2v) is 8.96. The molecule has 1 N–H and O–H groups in total. The van der Waals surface area contributed by atoms with Gasteiger partial charge in [0.2, 0.25) is 5.91 Å². The van der Waals surface area contributed by atoms with E-state index in [9.17, 15) is 18.0 Å². The highest BCUT2D eigenvalue weighted by Gasteiger charge is 2.53. The third-order valence-corrected chi connectivity index (χ3v) is 7.03. The maximum Gasteiger partial charge on any atom is 0.416 e. The minimum atomic E-state index is -4.34. The normalized spacial score (nSPS) is 33.4. The third-order valence-electron chi connectivity index (χ3n) is 7.03. The second kappa shape index (κ2) is 6.68. The predicted octanol–water partition coefficient (Wildman–Crippen LogP) is 5.44. The summed E-state index contributed by atoms with van der Waals surface area (Å²) in [4.78, 5) is 12.4. The number of carbonyl (C=O) groups excluding carboxylic acids is 1. The Balaban J connectivity index is 1.37. The first-order chi connectivity index (χ1) is 12.7. The van der Waals surface area contributed by atoms with E-state index in [4.69, 9.17) is 0 Å². The molecule has 0 saturated heterocycles. The molecule has 1 amide bonds. The Morgan fingerprint density at radius 3 is 2.07 bits per heavy atom. The van der Waals surface area contributed by atoms with Crippen LogP contribution in [0.25, 0.3) is 6.08 Å². The molecule has 4 saturated carbocycles. The molecule has 4 aliphatic carbocycles. The molecular formula is C22H26F3NO. The first-order valence-electron chi connectivity index (χ1n) is 9.89. The molecule has 1 aromatic carbocycles. The van der Waals surface area contributed by atoms with Crippen LogP contribution in [-0.4, -0.2) is 11.9 Å². The molecular weight excluding hydrogens is 351 g/mol. The standard InChI is InChI=1S/C22H26F3NO/c1-14(21-11-16-8-17(12-21)10-18(9-16)13-21)26-20(27)7-4-15-2-5-19(6-3-15)22(23,24)25/h2-7,14,16-18H,8-13H2,1H3,(H,26,27)/b7-4+. The van der Waals surface area contributed by atoms with Gasteiger partial charge in [-0.25, -0.2) is 0 Å². The number of hydrogen-bond acceptors (Lipinski definition) is 1. The summed E-state index contributed by atoms with van der Waals surface area (Å²) in [6.45, 7) is 2.12. The van der Waals surface area contributed by atoms with E-state index in [0.29, 0.717) is 5.56 Å². The van der Waals surface area contributed by atoms with Gasteiger partial charge in [-0.15, -0.1) is 0 Å². The summed E-state index contributed by atoms with van der Waals surface area (Å²) in [5, 5.41) is 3.14. The number of carbonyl (C=O) groups is 1. The molecule has 1 atom stereocenters. The van der Waals surface area contributed by atoms with Crippen molar-refractivity contribution in [3.05, 3.63) is 41.5 Å². The Hall–Kier alpha value is -1.78. The summed E-state index contributed by atoms with van der Waals surface area (Å²) in [6.07, 6.45) is 6.44. The molecule has 5 heteroatoms. The van der Waals surface area contributed by atoms with Crippen molar-refractivity contribution in [3.63, 3.8) is 0 Å². The van der Waals surface area contributed by atoms with Crippen LogP contribution in [0.15, 0.2) is 30.3 Å². The van der Waals surface area contributed by atoms with Gasteiger partial charge in [-0.05, 0) is 92.4 Å². The summed E-state index contributed by atoms with van der Waals surface area (Å²) in [6, 6.07) is 4.98. The monoisotopic (exact) mass is 377 g/mol. The zero-order valence-electron chi connectivity index (χ0n) is 15.6. The van der Waals surface area contributed by atoms with Gasteiger partial charge in [0.05, 0.1) is 5.56 Å². The van der Waals surface area contributed by atoms with Crippen molar-refractivity contribution in [2.24, 2.45) is 23.2 Å². The van der Waals surface area contributed by atoms with Gasteiger partial charge in [0.15, 0.2) is 0 Å². The highest BCUT2D eigenvalue weighted by Crippen LogP contribution is 2.61. The maximum absolute atomic E-state index is 12.6. The molecule has 0 aromatic heterocycles. The van der Waals surface area contributed by atoms with Gasteiger partial charge in [-0.2, -0.15) is 13.2 Å². The van der Waals surface area contributed by atoms with E-state index in [0.717, 1.165) is 29.9 Å². The number of amides is 1. The lowest BCUT2D eigenvalue weighted by Gasteiger charge is -2.59. The van der Waals surface area contributed by atoms with Crippen LogP contribution < -0.4 is 5.32 Å². The lowest BCUT2D eigenvalue weighted by atomic mass is 9.48. The fraction of sp³-hybridized carbons (Fsp3) is 0.591. The van der Waals surface area contributed by atoms with Gasteiger partial charge < -0.3 is 5.32 Å². The van der Waals surface area contributed by atoms with Crippen molar-refractivity contribution in [2.45, 2.75) is 57.7 Å². The first kappa shape index (κ1) is 18.6. The van der Waals surface area contributed by atoms with E-state index in [2.05, 4.69) is 12.2 Å². The second-order valence-electron chi connectivity index (χ2n) is 8.96. The molecule has 4 fully saturated rings. The topological polar surface area (TPSA) is 29.1 Å². The summed E-state index contributed by atoms with van der Waals surface area (Å²) in [5.74, 6) is 2.33. The maximum atomic E-state index is 12.6.